The number of hydrogen-bond donors (Lipinski definition) is 1. The lowest BCUT2D eigenvalue weighted by Gasteiger charge is -2.23. The standard InChI is InChI=1S/C17H24IN3O4/c1-16(2,3)23-8-9-6-11(13-12(9)24-17(4,5)25-13)21-7-10(18)14(19)20-15(21)22/h6-7,11-13H,8H2,1-5H3,(H2,19,20,22)/t11-,12-,13+/m1/s1. The van der Waals surface area contributed by atoms with Gasteiger partial charge in [-0.25, -0.2) is 4.79 Å². The molecule has 0 bridgehead atoms. The summed E-state index contributed by atoms with van der Waals surface area (Å²) in [7, 11) is 0. The Morgan fingerprint density at radius 3 is 2.72 bits per heavy atom. The van der Waals surface area contributed by atoms with Gasteiger partial charge in [0.1, 0.15) is 18.0 Å². The van der Waals surface area contributed by atoms with Crippen LogP contribution in [0.5, 0.6) is 0 Å². The van der Waals surface area contributed by atoms with E-state index in [1.54, 1.807) is 10.8 Å². The van der Waals surface area contributed by atoms with Crippen LogP contribution in [-0.2, 0) is 14.2 Å². The average Bonchev–Trinajstić information content (AvgIpc) is 2.93. The summed E-state index contributed by atoms with van der Waals surface area (Å²) in [5, 5.41) is 0. The Hall–Kier alpha value is -0.970. The summed E-state index contributed by atoms with van der Waals surface area (Å²) in [4.78, 5) is 16.3. The molecule has 2 N–H and O–H groups in total. The number of fused-ring (bicyclic) bond motifs is 1. The third-order valence-electron chi connectivity index (χ3n) is 4.14. The summed E-state index contributed by atoms with van der Waals surface area (Å²) in [6, 6.07) is -0.306. The van der Waals surface area contributed by atoms with Crippen LogP contribution in [-0.4, -0.2) is 39.8 Å². The highest BCUT2D eigenvalue weighted by Crippen LogP contribution is 2.43. The van der Waals surface area contributed by atoms with E-state index in [1.165, 1.54) is 0 Å². The molecule has 7 nitrogen and oxygen atoms in total. The van der Waals surface area contributed by atoms with Crippen molar-refractivity contribution in [1.82, 2.24) is 9.55 Å². The van der Waals surface area contributed by atoms with Crippen LogP contribution in [0.4, 0.5) is 5.82 Å². The summed E-state index contributed by atoms with van der Waals surface area (Å²) >= 11 is 2.07. The number of ether oxygens (including phenoxy) is 3. The van der Waals surface area contributed by atoms with Crippen molar-refractivity contribution in [1.29, 1.82) is 0 Å². The lowest BCUT2D eigenvalue weighted by Crippen LogP contribution is -2.35. The predicted octanol–water partition coefficient (Wildman–Crippen LogP) is 2.25. The molecule has 0 radical (unpaired) electrons. The molecule has 138 valence electrons. The lowest BCUT2D eigenvalue weighted by molar-refractivity contribution is -0.148. The number of nitrogens with zero attached hydrogens (tertiary/aromatic N) is 2. The van der Waals surface area contributed by atoms with Gasteiger partial charge in [-0.05, 0) is 62.8 Å². The molecule has 2 aliphatic rings. The number of nitrogen functional groups attached to an aromatic ring is 1. The maximum absolute atomic E-state index is 12.4. The summed E-state index contributed by atoms with van der Waals surface area (Å²) < 4.78 is 20.3. The second-order valence-corrected chi connectivity index (χ2v) is 8.98. The number of aromatic nitrogens is 2. The van der Waals surface area contributed by atoms with Gasteiger partial charge in [0.15, 0.2) is 5.79 Å². The Labute approximate surface area is 160 Å². The predicted molar refractivity (Wildman–Crippen MR) is 102 cm³/mol. The first-order valence-electron chi connectivity index (χ1n) is 8.21. The Bertz CT molecular complexity index is 766. The van der Waals surface area contributed by atoms with Crippen molar-refractivity contribution >= 4 is 28.4 Å². The normalized spacial score (nSPS) is 28.1. The highest BCUT2D eigenvalue weighted by molar-refractivity contribution is 14.1. The fraction of sp³-hybridized carbons (Fsp3) is 0.647. The zero-order valence-corrected chi connectivity index (χ0v) is 17.2. The zero-order chi connectivity index (χ0) is 18.6. The second-order valence-electron chi connectivity index (χ2n) is 7.82. The summed E-state index contributed by atoms with van der Waals surface area (Å²) in [6.07, 6.45) is 3.16. The molecule has 1 aliphatic heterocycles. The number of rotatable bonds is 3. The van der Waals surface area contributed by atoms with E-state index < -0.39 is 11.5 Å². The van der Waals surface area contributed by atoms with Gasteiger partial charge in [-0.1, -0.05) is 6.08 Å². The van der Waals surface area contributed by atoms with Gasteiger partial charge in [-0.3, -0.25) is 4.57 Å². The second kappa shape index (κ2) is 6.33. The van der Waals surface area contributed by atoms with Crippen LogP contribution in [0.1, 0.15) is 40.7 Å². The van der Waals surface area contributed by atoms with E-state index in [2.05, 4.69) is 27.6 Å². The molecule has 2 heterocycles. The molecule has 8 heteroatoms. The molecular weight excluding hydrogens is 437 g/mol. The van der Waals surface area contributed by atoms with E-state index in [1.807, 2.05) is 40.7 Å². The number of anilines is 1. The molecule has 0 aromatic carbocycles. The van der Waals surface area contributed by atoms with E-state index in [9.17, 15) is 4.79 Å². The SMILES string of the molecule is CC(C)(C)OCC1=C[C@@H](n2cc(I)c(N)nc2=O)[C@@H]2OC(C)(C)O[C@H]12. The van der Waals surface area contributed by atoms with Crippen LogP contribution in [0.2, 0.25) is 0 Å². The Morgan fingerprint density at radius 1 is 1.40 bits per heavy atom. The van der Waals surface area contributed by atoms with Crippen LogP contribution in [0.15, 0.2) is 22.6 Å². The summed E-state index contributed by atoms with van der Waals surface area (Å²) in [6.45, 7) is 10.2. The number of hydrogen-bond acceptors (Lipinski definition) is 6. The number of nitrogens with two attached hydrogens (primary N) is 1. The monoisotopic (exact) mass is 461 g/mol. The fourth-order valence-corrected chi connectivity index (χ4v) is 3.50. The highest BCUT2D eigenvalue weighted by Gasteiger charge is 2.51. The van der Waals surface area contributed by atoms with Crippen molar-refractivity contribution in [2.75, 3.05) is 12.3 Å². The quantitative estimate of drug-likeness (QED) is 0.549. The average molecular weight is 461 g/mol. The third kappa shape index (κ3) is 3.91. The Balaban J connectivity index is 1.96. The van der Waals surface area contributed by atoms with Gasteiger partial charge in [0, 0.05) is 6.20 Å². The van der Waals surface area contributed by atoms with Crippen molar-refractivity contribution in [2.24, 2.45) is 0 Å². The van der Waals surface area contributed by atoms with Gasteiger partial charge < -0.3 is 19.9 Å². The minimum absolute atomic E-state index is 0.237. The van der Waals surface area contributed by atoms with E-state index in [0.717, 1.165) is 9.14 Å². The van der Waals surface area contributed by atoms with Crippen molar-refractivity contribution in [3.05, 3.63) is 31.9 Å². The smallest absolute Gasteiger partial charge is 0.350 e. The summed E-state index contributed by atoms with van der Waals surface area (Å²) in [5.41, 5.74) is 6.05. The molecule has 3 rings (SSSR count). The van der Waals surface area contributed by atoms with Crippen molar-refractivity contribution < 1.29 is 14.2 Å². The summed E-state index contributed by atoms with van der Waals surface area (Å²) in [5.74, 6) is -0.479. The first kappa shape index (κ1) is 18.8. The van der Waals surface area contributed by atoms with Crippen LogP contribution in [0.3, 0.4) is 0 Å². The number of halogens is 1. The van der Waals surface area contributed by atoms with E-state index in [4.69, 9.17) is 19.9 Å². The highest BCUT2D eigenvalue weighted by atomic mass is 127. The van der Waals surface area contributed by atoms with Crippen LogP contribution >= 0.6 is 22.6 Å². The first-order valence-corrected chi connectivity index (χ1v) is 9.29. The third-order valence-corrected chi connectivity index (χ3v) is 4.97. The minimum Gasteiger partial charge on any atom is -0.383 e. The molecule has 0 spiro atoms. The van der Waals surface area contributed by atoms with Crippen molar-refractivity contribution in [3.63, 3.8) is 0 Å². The van der Waals surface area contributed by atoms with Crippen molar-refractivity contribution in [2.45, 2.75) is 64.3 Å². The maximum atomic E-state index is 12.4. The molecule has 1 aromatic rings. The van der Waals surface area contributed by atoms with Gasteiger partial charge in [-0.15, -0.1) is 0 Å². The molecule has 1 fully saturated rings. The molecule has 0 unspecified atom stereocenters. The topological polar surface area (TPSA) is 88.6 Å². The lowest BCUT2D eigenvalue weighted by atomic mass is 10.1. The molecule has 3 atom stereocenters. The first-order chi connectivity index (χ1) is 11.5. The van der Waals surface area contributed by atoms with Gasteiger partial charge in [0.25, 0.3) is 0 Å². The Kier molecular flexibility index (Phi) is 4.76. The van der Waals surface area contributed by atoms with Gasteiger partial charge in [0.2, 0.25) is 0 Å². The molecule has 1 aliphatic carbocycles. The largest absolute Gasteiger partial charge is 0.383 e. The van der Waals surface area contributed by atoms with E-state index in [0.29, 0.717) is 6.61 Å². The molecular formula is C17H24IN3O4. The van der Waals surface area contributed by atoms with E-state index >= 15 is 0 Å². The van der Waals surface area contributed by atoms with Gasteiger partial charge in [-0.2, -0.15) is 4.98 Å². The molecule has 1 aromatic heterocycles. The minimum atomic E-state index is -0.715. The maximum Gasteiger partial charge on any atom is 0.350 e. The molecule has 0 saturated carbocycles. The van der Waals surface area contributed by atoms with Gasteiger partial charge >= 0.3 is 5.69 Å². The van der Waals surface area contributed by atoms with Crippen LogP contribution in [0.25, 0.3) is 0 Å². The molecule has 1 saturated heterocycles. The molecule has 0 amide bonds. The Morgan fingerprint density at radius 2 is 2.08 bits per heavy atom. The van der Waals surface area contributed by atoms with Gasteiger partial charge in [0.05, 0.1) is 21.8 Å². The fourth-order valence-electron chi connectivity index (χ4n) is 3.07. The van der Waals surface area contributed by atoms with Crippen LogP contribution in [0, 0.1) is 3.57 Å². The van der Waals surface area contributed by atoms with Crippen LogP contribution < -0.4 is 11.4 Å². The zero-order valence-electron chi connectivity index (χ0n) is 15.1. The molecule has 25 heavy (non-hydrogen) atoms. The van der Waals surface area contributed by atoms with Crippen molar-refractivity contribution in [3.8, 4) is 0 Å². The van der Waals surface area contributed by atoms with E-state index in [-0.39, 0.29) is 29.7 Å².